The second kappa shape index (κ2) is 16.8. The molecule has 24 heteroatoms. The maximum Gasteiger partial charge on any atom is 0.365 e. The molecule has 0 amide bonds. The fraction of sp³-hybridized carbons (Fsp3) is 0.0270. The summed E-state index contributed by atoms with van der Waals surface area (Å²) >= 11 is 0. The molecule has 0 saturated heterocycles. The zero-order valence-electron chi connectivity index (χ0n) is 28.8. The van der Waals surface area contributed by atoms with Gasteiger partial charge in [-0.2, -0.15) is 4.57 Å². The van der Waals surface area contributed by atoms with Crippen LogP contribution in [-0.4, -0.2) is 17.0 Å². The van der Waals surface area contributed by atoms with Gasteiger partial charge in [-0.25, -0.2) is 87.8 Å². The van der Waals surface area contributed by atoms with Crippen molar-refractivity contribution < 1.29 is 102 Å². The SMILES string of the molecule is Fc1c(F)c(F)c([B-](c2c(F)c(F)c(F)c(F)c2F)(c2c(F)c(F)c(F)c(F)c2F)c2c(F)c(F)c(F)c(F)c2F)c(F)c1F.O=C(C[n+]1ccccc1O)c1ccccc1. The minimum absolute atomic E-state index is 0.0212. The number of Topliss-reactive ketones (excluding diaryl/α,β-unsaturated/α-hetero) is 1. The first kappa shape index (κ1) is 45.5. The van der Waals surface area contributed by atoms with E-state index in [0.29, 0.717) is 5.56 Å². The Morgan fingerprint density at radius 2 is 0.623 bits per heavy atom. The van der Waals surface area contributed by atoms with Gasteiger partial charge >= 0.3 is 5.88 Å². The molecule has 320 valence electrons. The van der Waals surface area contributed by atoms with Crippen molar-refractivity contribution >= 4 is 33.8 Å². The maximum atomic E-state index is 15.4. The smallest absolute Gasteiger partial charge is 0.365 e. The Labute approximate surface area is 325 Å². The van der Waals surface area contributed by atoms with E-state index in [2.05, 4.69) is 0 Å². The Morgan fingerprint density at radius 1 is 0.377 bits per heavy atom. The van der Waals surface area contributed by atoms with Crippen molar-refractivity contribution in [1.29, 1.82) is 0 Å². The molecule has 1 N–H and O–H groups in total. The van der Waals surface area contributed by atoms with Crippen molar-refractivity contribution in [3.8, 4) is 5.88 Å². The predicted octanol–water partition coefficient (Wildman–Crippen LogP) is 7.41. The molecule has 0 atom stereocenters. The van der Waals surface area contributed by atoms with Crippen molar-refractivity contribution in [3.63, 3.8) is 0 Å². The highest BCUT2D eigenvalue weighted by molar-refractivity contribution is 7.20. The first-order valence-corrected chi connectivity index (χ1v) is 16.0. The topological polar surface area (TPSA) is 41.2 Å². The minimum Gasteiger partial charge on any atom is -0.460 e. The van der Waals surface area contributed by atoms with Crippen molar-refractivity contribution in [2.45, 2.75) is 6.54 Å². The predicted molar refractivity (Wildman–Crippen MR) is 168 cm³/mol. The van der Waals surface area contributed by atoms with Crippen LogP contribution in [0.4, 0.5) is 87.8 Å². The van der Waals surface area contributed by atoms with E-state index >= 15 is 35.1 Å². The summed E-state index contributed by atoms with van der Waals surface area (Å²) in [5.41, 5.74) is -13.7. The van der Waals surface area contributed by atoms with Crippen LogP contribution in [0.15, 0.2) is 54.7 Å². The van der Waals surface area contributed by atoms with E-state index in [1.807, 2.05) is 18.2 Å². The average molecular weight is 893 g/mol. The van der Waals surface area contributed by atoms with Crippen LogP contribution in [0.3, 0.4) is 0 Å². The number of aromatic hydroxyl groups is 1. The Balaban J connectivity index is 0.000000366. The minimum atomic E-state index is -7.22. The summed E-state index contributed by atoms with van der Waals surface area (Å²) < 4.78 is 295. The van der Waals surface area contributed by atoms with Gasteiger partial charge in [0.15, 0.2) is 76.0 Å². The fourth-order valence-electron chi connectivity index (χ4n) is 6.35. The summed E-state index contributed by atoms with van der Waals surface area (Å²) in [5, 5.41) is 9.52. The molecule has 0 aliphatic heterocycles. The molecule has 6 rings (SSSR count). The van der Waals surface area contributed by atoms with Crippen LogP contribution in [0, 0.1) is 116 Å². The lowest BCUT2D eigenvalue weighted by atomic mass is 9.12. The summed E-state index contributed by atoms with van der Waals surface area (Å²) in [4.78, 5) is 11.8. The van der Waals surface area contributed by atoms with Gasteiger partial charge in [-0.15, -0.1) is 21.9 Å². The number of hydrogen-bond acceptors (Lipinski definition) is 2. The Hall–Kier alpha value is -6.62. The number of aromatic nitrogens is 1. The quantitative estimate of drug-likeness (QED) is 0.0454. The van der Waals surface area contributed by atoms with Crippen LogP contribution in [0.25, 0.3) is 0 Å². The Morgan fingerprint density at radius 3 is 0.885 bits per heavy atom. The second-order valence-corrected chi connectivity index (χ2v) is 12.3. The molecule has 0 aliphatic rings. The molecule has 1 aromatic heterocycles. The van der Waals surface area contributed by atoms with Crippen molar-refractivity contribution in [2.75, 3.05) is 0 Å². The lowest BCUT2D eigenvalue weighted by molar-refractivity contribution is -0.689. The molecule has 6 aromatic rings. The number of ketones is 1. The molecule has 1 heterocycles. The third kappa shape index (κ3) is 7.15. The molecule has 0 radical (unpaired) electrons. The van der Waals surface area contributed by atoms with Crippen molar-refractivity contribution in [3.05, 3.63) is 177 Å². The van der Waals surface area contributed by atoms with Gasteiger partial charge in [0.2, 0.25) is 12.3 Å². The van der Waals surface area contributed by atoms with Gasteiger partial charge in [-0.1, -0.05) is 30.3 Å². The molecule has 0 bridgehead atoms. The third-order valence-corrected chi connectivity index (χ3v) is 9.03. The lowest BCUT2D eigenvalue weighted by Gasteiger charge is -2.44. The zero-order chi connectivity index (χ0) is 45.7. The number of nitrogens with zero attached hydrogens (tertiary/aromatic N) is 1. The number of pyridine rings is 1. The molecule has 5 aromatic carbocycles. The molecule has 0 aliphatic carbocycles. The van der Waals surface area contributed by atoms with Gasteiger partial charge in [0, 0.05) is 11.6 Å². The summed E-state index contributed by atoms with van der Waals surface area (Å²) in [7, 11) is 0. The maximum absolute atomic E-state index is 15.4. The molecule has 61 heavy (non-hydrogen) atoms. The summed E-state index contributed by atoms with van der Waals surface area (Å²) in [5.74, 6) is -71.3. The lowest BCUT2D eigenvalue weighted by Crippen LogP contribution is -2.81. The van der Waals surface area contributed by atoms with Crippen LogP contribution < -0.4 is 26.4 Å². The van der Waals surface area contributed by atoms with Crippen molar-refractivity contribution in [1.82, 2.24) is 0 Å². The largest absolute Gasteiger partial charge is 0.460 e. The molecule has 0 saturated carbocycles. The van der Waals surface area contributed by atoms with E-state index in [0.717, 1.165) is 0 Å². The normalized spacial score (nSPS) is 11.5. The summed E-state index contributed by atoms with van der Waals surface area (Å²) in [6.07, 6.45) is -5.54. The molecule has 0 spiro atoms. The number of benzene rings is 5. The van der Waals surface area contributed by atoms with Crippen LogP contribution >= 0.6 is 0 Å². The molecular weight excluding hydrogens is 881 g/mol. The van der Waals surface area contributed by atoms with Gasteiger partial charge in [0.05, 0.1) is 6.07 Å². The number of rotatable bonds is 7. The van der Waals surface area contributed by atoms with Crippen LogP contribution in [0.5, 0.6) is 5.88 Å². The van der Waals surface area contributed by atoms with Gasteiger partial charge in [0.25, 0.3) is 0 Å². The van der Waals surface area contributed by atoms with E-state index in [4.69, 9.17) is 0 Å². The van der Waals surface area contributed by atoms with Gasteiger partial charge in [0.1, 0.15) is 52.7 Å². The van der Waals surface area contributed by atoms with E-state index in [9.17, 15) is 62.6 Å². The van der Waals surface area contributed by atoms with Gasteiger partial charge < -0.3 is 5.11 Å². The fourth-order valence-corrected chi connectivity index (χ4v) is 6.35. The van der Waals surface area contributed by atoms with E-state index in [1.54, 1.807) is 36.5 Å². The summed E-state index contributed by atoms with van der Waals surface area (Å²) in [6, 6.07) is 14.1. The number of halogens is 20. The Kier molecular flexibility index (Phi) is 12.5. The van der Waals surface area contributed by atoms with Crippen LogP contribution in [0.1, 0.15) is 10.4 Å². The van der Waals surface area contributed by atoms with E-state index in [1.165, 1.54) is 4.57 Å². The van der Waals surface area contributed by atoms with Gasteiger partial charge in [-0.3, -0.25) is 4.79 Å². The highest BCUT2D eigenvalue weighted by Gasteiger charge is 2.52. The molecule has 3 nitrogen and oxygen atoms in total. The Bertz CT molecular complexity index is 2390. The second-order valence-electron chi connectivity index (χ2n) is 12.3. The monoisotopic (exact) mass is 893 g/mol. The third-order valence-electron chi connectivity index (χ3n) is 9.03. The standard InChI is InChI=1S/C24BF20.C13H11NO2/c26-5-1(6(27)14(35)21(42)13(5)34)25(2-7(28)15(36)22(43)16(37)8(2)29,3-9(30)17(38)23(44)18(39)10(3)31)4-11(32)19(40)24(45)20(41)12(4)33;15-12(11-6-2-1-3-7-11)10-14-9-5-4-8-13(14)16/h;1-9H,10H2/q-1;/p+1. The summed E-state index contributed by atoms with van der Waals surface area (Å²) in [6.45, 7) is 0.149. The average Bonchev–Trinajstić information content (AvgIpc) is 3.24. The van der Waals surface area contributed by atoms with E-state index in [-0.39, 0.29) is 18.2 Å². The number of carbonyl (C=O) groups is 1. The van der Waals surface area contributed by atoms with Crippen molar-refractivity contribution in [2.24, 2.45) is 0 Å². The molecule has 0 fully saturated rings. The molecular formula is C37H12BF20NO2. The van der Waals surface area contributed by atoms with E-state index < -0.39 is 144 Å². The van der Waals surface area contributed by atoms with Crippen LogP contribution in [-0.2, 0) is 6.54 Å². The van der Waals surface area contributed by atoms with Crippen LogP contribution in [0.2, 0.25) is 0 Å². The highest BCUT2D eigenvalue weighted by atomic mass is 19.2. The van der Waals surface area contributed by atoms with Gasteiger partial charge in [-0.05, 0) is 6.07 Å². The highest BCUT2D eigenvalue weighted by Crippen LogP contribution is 2.30. The number of carbonyl (C=O) groups excluding carboxylic acids is 1. The number of hydrogen-bond donors (Lipinski definition) is 1. The first-order chi connectivity index (χ1) is 28.5. The molecule has 0 unspecified atom stereocenters. The first-order valence-electron chi connectivity index (χ1n) is 16.0. The zero-order valence-corrected chi connectivity index (χ0v) is 28.8.